The Kier molecular flexibility index (Phi) is 3.03. The number of ketones is 1. The molecule has 1 heterocycles. The molecule has 17 heavy (non-hydrogen) atoms. The van der Waals surface area contributed by atoms with Gasteiger partial charge in [-0.05, 0) is 26.0 Å². The van der Waals surface area contributed by atoms with Crippen molar-refractivity contribution >= 4 is 29.0 Å². The first-order valence-electron chi connectivity index (χ1n) is 5.30. The zero-order chi connectivity index (χ0) is 12.6. The highest BCUT2D eigenvalue weighted by Gasteiger charge is 2.34. The normalized spacial score (nSPS) is 15.5. The monoisotopic (exact) mass is 249 g/mol. The predicted octanol–water partition coefficient (Wildman–Crippen LogP) is 2.67. The van der Waals surface area contributed by atoms with E-state index in [-0.39, 0.29) is 0 Å². The molecular formula is C13H12ClNO2. The van der Waals surface area contributed by atoms with E-state index in [9.17, 15) is 9.59 Å². The molecule has 0 saturated carbocycles. The van der Waals surface area contributed by atoms with Gasteiger partial charge in [-0.1, -0.05) is 29.3 Å². The summed E-state index contributed by atoms with van der Waals surface area (Å²) in [5, 5.41) is 0.603. The van der Waals surface area contributed by atoms with Crippen LogP contribution in [0.15, 0.2) is 29.3 Å². The van der Waals surface area contributed by atoms with Gasteiger partial charge in [-0.25, -0.2) is 0 Å². The molecule has 0 fully saturated rings. The molecule has 0 aliphatic carbocycles. The van der Waals surface area contributed by atoms with Crippen molar-refractivity contribution in [3.05, 3.63) is 40.4 Å². The molecule has 1 aromatic carbocycles. The zero-order valence-electron chi connectivity index (χ0n) is 9.66. The summed E-state index contributed by atoms with van der Waals surface area (Å²) in [7, 11) is 0. The first-order chi connectivity index (χ1) is 8.00. The molecular weight excluding hydrogens is 238 g/mol. The van der Waals surface area contributed by atoms with Crippen LogP contribution in [-0.2, 0) is 4.79 Å². The van der Waals surface area contributed by atoms with Gasteiger partial charge in [0.25, 0.3) is 11.7 Å². The molecule has 1 aromatic rings. The van der Waals surface area contributed by atoms with Crippen molar-refractivity contribution in [2.45, 2.75) is 13.8 Å². The molecule has 0 radical (unpaired) electrons. The van der Waals surface area contributed by atoms with E-state index in [0.717, 1.165) is 5.56 Å². The van der Waals surface area contributed by atoms with Gasteiger partial charge in [0.1, 0.15) is 0 Å². The Bertz CT molecular complexity index is 530. The van der Waals surface area contributed by atoms with Gasteiger partial charge in [0.05, 0.1) is 11.3 Å². The van der Waals surface area contributed by atoms with Crippen molar-refractivity contribution in [3.8, 4) is 0 Å². The van der Waals surface area contributed by atoms with Gasteiger partial charge in [0, 0.05) is 11.6 Å². The summed E-state index contributed by atoms with van der Waals surface area (Å²) in [5.41, 5.74) is 2.12. The maximum atomic E-state index is 11.8. The SMILES string of the molecule is C/C(Cl)=C/CN1C(=O)C(=O)c2cc(C)ccc21. The second-order valence-corrected chi connectivity index (χ2v) is 4.65. The third-order valence-corrected chi connectivity index (χ3v) is 2.84. The van der Waals surface area contributed by atoms with Gasteiger partial charge >= 0.3 is 0 Å². The number of carbonyl (C=O) groups is 2. The van der Waals surface area contributed by atoms with Crippen LogP contribution in [0.4, 0.5) is 5.69 Å². The highest BCUT2D eigenvalue weighted by atomic mass is 35.5. The molecule has 88 valence electrons. The average molecular weight is 250 g/mol. The van der Waals surface area contributed by atoms with E-state index in [4.69, 9.17) is 11.6 Å². The van der Waals surface area contributed by atoms with Crippen molar-refractivity contribution in [2.75, 3.05) is 11.4 Å². The van der Waals surface area contributed by atoms with Crippen LogP contribution >= 0.6 is 11.6 Å². The third kappa shape index (κ3) is 2.11. The number of Topliss-reactive ketones (excluding diaryl/α,β-unsaturated/α-hetero) is 1. The smallest absolute Gasteiger partial charge is 0.299 e. The van der Waals surface area contributed by atoms with E-state index in [2.05, 4.69) is 0 Å². The van der Waals surface area contributed by atoms with Crippen molar-refractivity contribution < 1.29 is 9.59 Å². The number of benzene rings is 1. The topological polar surface area (TPSA) is 37.4 Å². The van der Waals surface area contributed by atoms with E-state index < -0.39 is 11.7 Å². The molecule has 4 heteroatoms. The Morgan fingerprint density at radius 3 is 2.76 bits per heavy atom. The summed E-state index contributed by atoms with van der Waals surface area (Å²) in [6.45, 7) is 3.96. The molecule has 0 spiro atoms. The molecule has 0 bridgehead atoms. The van der Waals surface area contributed by atoms with E-state index >= 15 is 0 Å². The van der Waals surface area contributed by atoms with Crippen LogP contribution in [-0.4, -0.2) is 18.2 Å². The summed E-state index contributed by atoms with van der Waals surface area (Å²) >= 11 is 5.73. The number of nitrogens with zero attached hydrogens (tertiary/aromatic N) is 1. The molecule has 2 rings (SSSR count). The molecule has 0 unspecified atom stereocenters. The Hall–Kier alpha value is -1.61. The fourth-order valence-electron chi connectivity index (χ4n) is 1.81. The number of hydrogen-bond acceptors (Lipinski definition) is 2. The first kappa shape index (κ1) is 11.9. The number of aryl methyl sites for hydroxylation is 1. The molecule has 1 aliphatic heterocycles. The molecule has 1 amide bonds. The van der Waals surface area contributed by atoms with Gasteiger partial charge in [-0.15, -0.1) is 0 Å². The minimum Gasteiger partial charge on any atom is -0.301 e. The standard InChI is InChI=1S/C13H12ClNO2/c1-8-3-4-11-10(7-8)12(16)13(17)15(11)6-5-9(2)14/h3-5,7H,6H2,1-2H3/b9-5-. The average Bonchev–Trinajstić information content (AvgIpc) is 2.50. The lowest BCUT2D eigenvalue weighted by molar-refractivity contribution is -0.114. The van der Waals surface area contributed by atoms with Gasteiger partial charge < -0.3 is 4.90 Å². The maximum Gasteiger partial charge on any atom is 0.299 e. The predicted molar refractivity (Wildman–Crippen MR) is 67.5 cm³/mol. The fourth-order valence-corrected chi connectivity index (χ4v) is 1.88. The van der Waals surface area contributed by atoms with Crippen molar-refractivity contribution in [2.24, 2.45) is 0 Å². The summed E-state index contributed by atoms with van der Waals surface area (Å²) < 4.78 is 0. The summed E-state index contributed by atoms with van der Waals surface area (Å²) in [5.74, 6) is -0.927. The molecule has 0 aromatic heterocycles. The van der Waals surface area contributed by atoms with Gasteiger partial charge in [0.15, 0.2) is 0 Å². The van der Waals surface area contributed by atoms with Gasteiger partial charge in [-0.2, -0.15) is 0 Å². The molecule has 1 aliphatic rings. The molecule has 0 N–H and O–H groups in total. The molecule has 0 saturated heterocycles. The lowest BCUT2D eigenvalue weighted by Crippen LogP contribution is -2.29. The van der Waals surface area contributed by atoms with Crippen molar-refractivity contribution in [3.63, 3.8) is 0 Å². The van der Waals surface area contributed by atoms with Crippen LogP contribution in [0.3, 0.4) is 0 Å². The number of halogens is 1. The van der Waals surface area contributed by atoms with E-state index in [1.54, 1.807) is 25.1 Å². The zero-order valence-corrected chi connectivity index (χ0v) is 10.4. The Morgan fingerprint density at radius 1 is 1.41 bits per heavy atom. The quantitative estimate of drug-likeness (QED) is 0.756. The number of anilines is 1. The van der Waals surface area contributed by atoms with Crippen LogP contribution in [0.25, 0.3) is 0 Å². The van der Waals surface area contributed by atoms with Gasteiger partial charge in [-0.3, -0.25) is 9.59 Å². The lowest BCUT2D eigenvalue weighted by Gasteiger charge is -2.14. The minimum absolute atomic E-state index is 0.329. The highest BCUT2D eigenvalue weighted by Crippen LogP contribution is 2.29. The van der Waals surface area contributed by atoms with Crippen LogP contribution in [0.1, 0.15) is 22.8 Å². The molecule has 0 atom stereocenters. The van der Waals surface area contributed by atoms with E-state index in [1.165, 1.54) is 4.90 Å². The number of carbonyl (C=O) groups excluding carboxylic acids is 2. The summed E-state index contributed by atoms with van der Waals surface area (Å²) in [6.07, 6.45) is 1.71. The number of rotatable bonds is 2. The second-order valence-electron chi connectivity index (χ2n) is 4.06. The second kappa shape index (κ2) is 4.34. The lowest BCUT2D eigenvalue weighted by atomic mass is 10.1. The largest absolute Gasteiger partial charge is 0.301 e. The third-order valence-electron chi connectivity index (χ3n) is 2.68. The van der Waals surface area contributed by atoms with E-state index in [0.29, 0.717) is 22.8 Å². The number of fused-ring (bicyclic) bond motifs is 1. The van der Waals surface area contributed by atoms with Crippen molar-refractivity contribution in [1.29, 1.82) is 0 Å². The Morgan fingerprint density at radius 2 is 2.12 bits per heavy atom. The Labute approximate surface area is 105 Å². The first-order valence-corrected chi connectivity index (χ1v) is 5.67. The fraction of sp³-hybridized carbons (Fsp3) is 0.231. The highest BCUT2D eigenvalue weighted by molar-refractivity contribution is 6.52. The van der Waals surface area contributed by atoms with Gasteiger partial charge in [0.2, 0.25) is 0 Å². The van der Waals surface area contributed by atoms with E-state index in [1.807, 2.05) is 13.0 Å². The number of hydrogen-bond donors (Lipinski definition) is 0. The van der Waals surface area contributed by atoms with Crippen LogP contribution < -0.4 is 4.90 Å². The minimum atomic E-state index is -0.486. The summed E-state index contributed by atoms with van der Waals surface area (Å²) in [6, 6.07) is 5.42. The van der Waals surface area contributed by atoms with Crippen molar-refractivity contribution in [1.82, 2.24) is 0 Å². The number of amides is 1. The van der Waals surface area contributed by atoms with Crippen LogP contribution in [0.2, 0.25) is 0 Å². The Balaban J connectivity index is 2.41. The van der Waals surface area contributed by atoms with Crippen LogP contribution in [0.5, 0.6) is 0 Å². The summed E-state index contributed by atoms with van der Waals surface area (Å²) in [4.78, 5) is 25.0. The maximum absolute atomic E-state index is 11.8. The number of allylic oxidation sites excluding steroid dienone is 1. The van der Waals surface area contributed by atoms with Crippen LogP contribution in [0, 0.1) is 6.92 Å². The molecule has 3 nitrogen and oxygen atoms in total.